The maximum absolute atomic E-state index is 13.1. The first kappa shape index (κ1) is 17.8. The highest BCUT2D eigenvalue weighted by Gasteiger charge is 2.23. The van der Waals surface area contributed by atoms with E-state index in [4.69, 9.17) is 4.74 Å². The van der Waals surface area contributed by atoms with Gasteiger partial charge >= 0.3 is 6.09 Å². The molecule has 1 N–H and O–H groups in total. The number of amides is 1. The Bertz CT molecular complexity index is 1070. The molecule has 7 nitrogen and oxygen atoms in total. The molecular formula is C18H18N2O5S. The molecule has 1 aromatic heterocycles. The number of aromatic nitrogens is 1. The number of anilines is 1. The quantitative estimate of drug-likeness (QED) is 0.757. The van der Waals surface area contributed by atoms with E-state index in [1.54, 1.807) is 42.5 Å². The Morgan fingerprint density at radius 1 is 1.04 bits per heavy atom. The van der Waals surface area contributed by atoms with Gasteiger partial charge in [-0.2, -0.15) is 0 Å². The summed E-state index contributed by atoms with van der Waals surface area (Å²) in [6.45, 7) is 1.88. The third-order valence-electron chi connectivity index (χ3n) is 3.98. The van der Waals surface area contributed by atoms with Gasteiger partial charge in [0.05, 0.1) is 24.8 Å². The Balaban J connectivity index is 2.22. The second-order valence-electron chi connectivity index (χ2n) is 5.63. The van der Waals surface area contributed by atoms with Gasteiger partial charge < -0.3 is 9.47 Å². The Morgan fingerprint density at radius 3 is 2.35 bits per heavy atom. The zero-order valence-corrected chi connectivity index (χ0v) is 15.3. The molecule has 0 unspecified atom stereocenters. The van der Waals surface area contributed by atoms with Gasteiger partial charge in [-0.05, 0) is 31.2 Å². The number of rotatable bonds is 4. The van der Waals surface area contributed by atoms with Gasteiger partial charge in [-0.25, -0.2) is 17.2 Å². The summed E-state index contributed by atoms with van der Waals surface area (Å²) in [6.07, 6.45) is 0.784. The molecule has 0 radical (unpaired) electrons. The molecule has 0 aliphatic heterocycles. The molecule has 3 rings (SSSR count). The summed E-state index contributed by atoms with van der Waals surface area (Å²) >= 11 is 0. The Hall–Kier alpha value is -3.00. The number of ether oxygens (including phenoxy) is 2. The van der Waals surface area contributed by atoms with Crippen molar-refractivity contribution in [2.24, 2.45) is 0 Å². The van der Waals surface area contributed by atoms with Crippen LogP contribution in [0.1, 0.15) is 5.56 Å². The molecule has 0 saturated heterocycles. The first-order valence-corrected chi connectivity index (χ1v) is 9.17. The lowest BCUT2D eigenvalue weighted by Crippen LogP contribution is -2.14. The lowest BCUT2D eigenvalue weighted by molar-refractivity contribution is 0.187. The minimum Gasteiger partial charge on any atom is -0.492 e. The van der Waals surface area contributed by atoms with Crippen LogP contribution in [-0.2, 0) is 14.8 Å². The average Bonchev–Trinajstić information content (AvgIpc) is 3.06. The van der Waals surface area contributed by atoms with Crippen LogP contribution in [0.4, 0.5) is 10.5 Å². The second-order valence-corrected chi connectivity index (χ2v) is 7.45. The largest absolute Gasteiger partial charge is 0.492 e. The predicted molar refractivity (Wildman–Crippen MR) is 98.3 cm³/mol. The lowest BCUT2D eigenvalue weighted by Gasteiger charge is -2.14. The molecule has 2 aromatic carbocycles. The number of carbonyl (C=O) groups is 1. The molecule has 26 heavy (non-hydrogen) atoms. The van der Waals surface area contributed by atoms with Crippen LogP contribution in [0.25, 0.3) is 10.9 Å². The minimum atomic E-state index is -3.83. The summed E-state index contributed by atoms with van der Waals surface area (Å²) in [7, 11) is -1.18. The number of hydrogen-bond donors (Lipinski definition) is 1. The van der Waals surface area contributed by atoms with Crippen molar-refractivity contribution < 1.29 is 22.7 Å². The van der Waals surface area contributed by atoms with Crippen LogP contribution >= 0.6 is 0 Å². The molecule has 0 fully saturated rings. The van der Waals surface area contributed by atoms with Crippen LogP contribution in [0.3, 0.4) is 0 Å². The zero-order chi connectivity index (χ0) is 18.9. The van der Waals surface area contributed by atoms with E-state index in [2.05, 4.69) is 10.1 Å². The van der Waals surface area contributed by atoms with Gasteiger partial charge in [-0.3, -0.25) is 5.32 Å². The molecule has 0 bridgehead atoms. The molecule has 0 aliphatic rings. The molecule has 1 amide bonds. The summed E-state index contributed by atoms with van der Waals surface area (Å²) in [5.74, 6) is 0.230. The van der Waals surface area contributed by atoms with Crippen molar-refractivity contribution >= 4 is 32.7 Å². The monoisotopic (exact) mass is 374 g/mol. The van der Waals surface area contributed by atoms with Crippen LogP contribution in [0.2, 0.25) is 0 Å². The number of carbonyl (C=O) groups excluding carboxylic acids is 1. The summed E-state index contributed by atoms with van der Waals surface area (Å²) in [5, 5.41) is 3.18. The van der Waals surface area contributed by atoms with Gasteiger partial charge in [0, 0.05) is 11.6 Å². The molecule has 0 aliphatic carbocycles. The van der Waals surface area contributed by atoms with Gasteiger partial charge in [0.2, 0.25) is 0 Å². The van der Waals surface area contributed by atoms with Crippen molar-refractivity contribution in [2.75, 3.05) is 19.5 Å². The number of methoxy groups -OCH3 is 2. The van der Waals surface area contributed by atoms with Crippen molar-refractivity contribution in [1.29, 1.82) is 0 Å². The number of hydrogen-bond acceptors (Lipinski definition) is 5. The van der Waals surface area contributed by atoms with E-state index in [1.165, 1.54) is 20.4 Å². The fourth-order valence-corrected chi connectivity index (χ4v) is 4.02. The summed E-state index contributed by atoms with van der Waals surface area (Å²) in [5.41, 5.74) is 1.61. The summed E-state index contributed by atoms with van der Waals surface area (Å²) in [6, 6.07) is 11.6. The molecule has 0 saturated carbocycles. The molecule has 136 valence electrons. The highest BCUT2D eigenvalue weighted by molar-refractivity contribution is 7.90. The summed E-state index contributed by atoms with van der Waals surface area (Å²) < 4.78 is 37.3. The van der Waals surface area contributed by atoms with Gasteiger partial charge in [-0.1, -0.05) is 23.8 Å². The smallest absolute Gasteiger partial charge is 0.411 e. The normalized spacial score (nSPS) is 11.3. The van der Waals surface area contributed by atoms with E-state index < -0.39 is 16.1 Å². The summed E-state index contributed by atoms with van der Waals surface area (Å²) in [4.78, 5) is 11.7. The first-order chi connectivity index (χ1) is 12.4. The number of nitrogens with one attached hydrogen (secondary N) is 1. The number of benzene rings is 2. The number of fused-ring (bicyclic) bond motifs is 1. The van der Waals surface area contributed by atoms with Gasteiger partial charge in [-0.15, -0.1) is 0 Å². The Kier molecular flexibility index (Phi) is 4.60. The maximum Gasteiger partial charge on any atom is 0.411 e. The van der Waals surface area contributed by atoms with Crippen LogP contribution in [0, 0.1) is 6.92 Å². The Morgan fingerprint density at radius 2 is 1.73 bits per heavy atom. The van der Waals surface area contributed by atoms with Crippen LogP contribution in [0.15, 0.2) is 53.6 Å². The van der Waals surface area contributed by atoms with Crippen molar-refractivity contribution in [3.8, 4) is 5.75 Å². The second kappa shape index (κ2) is 6.72. The topological polar surface area (TPSA) is 86.6 Å². The zero-order valence-electron chi connectivity index (χ0n) is 14.5. The Labute approximate surface area is 151 Å². The van der Waals surface area contributed by atoms with Crippen LogP contribution in [-0.4, -0.2) is 32.7 Å². The third kappa shape index (κ3) is 2.99. The van der Waals surface area contributed by atoms with E-state index in [0.29, 0.717) is 16.6 Å². The van der Waals surface area contributed by atoms with E-state index >= 15 is 0 Å². The van der Waals surface area contributed by atoms with Crippen LogP contribution < -0.4 is 10.1 Å². The van der Waals surface area contributed by atoms with E-state index in [9.17, 15) is 13.2 Å². The van der Waals surface area contributed by atoms with Crippen molar-refractivity contribution in [2.45, 2.75) is 11.8 Å². The van der Waals surface area contributed by atoms with E-state index in [-0.39, 0.29) is 10.6 Å². The minimum absolute atomic E-state index is 0.161. The number of nitrogens with zero attached hydrogens (tertiary/aromatic N) is 1. The maximum atomic E-state index is 13.1. The highest BCUT2D eigenvalue weighted by Crippen LogP contribution is 2.36. The number of aryl methyl sites for hydroxylation is 1. The highest BCUT2D eigenvalue weighted by atomic mass is 32.2. The lowest BCUT2D eigenvalue weighted by atomic mass is 10.2. The van der Waals surface area contributed by atoms with E-state index in [0.717, 1.165) is 9.54 Å². The third-order valence-corrected chi connectivity index (χ3v) is 5.67. The van der Waals surface area contributed by atoms with Gasteiger partial charge in [0.15, 0.2) is 5.75 Å². The van der Waals surface area contributed by atoms with Gasteiger partial charge in [0.25, 0.3) is 10.0 Å². The van der Waals surface area contributed by atoms with Crippen molar-refractivity contribution in [3.05, 3.63) is 54.2 Å². The molecule has 8 heteroatoms. The molecule has 0 spiro atoms. The predicted octanol–water partition coefficient (Wildman–Crippen LogP) is 3.37. The molecule has 0 atom stereocenters. The molecule has 1 heterocycles. The fraction of sp³-hybridized carbons (Fsp3) is 0.167. The fourth-order valence-electron chi connectivity index (χ4n) is 2.66. The SMILES string of the molecule is COC(=O)Nc1ccc2ccn(S(=O)(=O)c3ccc(C)cc3)c2c1OC. The average molecular weight is 374 g/mol. The standard InChI is InChI=1S/C18H18N2O5S/c1-12-4-7-14(8-5-12)26(22,23)20-11-10-13-6-9-15(19-18(21)25-3)17(24-2)16(13)20/h4-11H,1-3H3,(H,19,21). The first-order valence-electron chi connectivity index (χ1n) is 7.73. The molecular weight excluding hydrogens is 356 g/mol. The van der Waals surface area contributed by atoms with Crippen molar-refractivity contribution in [1.82, 2.24) is 3.97 Å². The van der Waals surface area contributed by atoms with Crippen LogP contribution in [0.5, 0.6) is 5.75 Å². The molecule has 3 aromatic rings. The van der Waals surface area contributed by atoms with E-state index in [1.807, 2.05) is 6.92 Å². The van der Waals surface area contributed by atoms with Crippen molar-refractivity contribution in [3.63, 3.8) is 0 Å². The van der Waals surface area contributed by atoms with Gasteiger partial charge in [0.1, 0.15) is 5.52 Å².